The van der Waals surface area contributed by atoms with Crippen molar-refractivity contribution >= 4 is 0 Å². The van der Waals surface area contributed by atoms with Crippen LogP contribution >= 0.6 is 0 Å². The first-order chi connectivity index (χ1) is 5.27. The molecule has 0 unspecified atom stereocenters. The molecule has 0 bridgehead atoms. The molecule has 0 aliphatic carbocycles. The van der Waals surface area contributed by atoms with Crippen molar-refractivity contribution < 1.29 is 9.47 Å². The Hall–Kier alpha value is -1.01. The molecule has 3 nitrogen and oxygen atoms in total. The summed E-state index contributed by atoms with van der Waals surface area (Å²) in [5.74, 6) is 0.701. The van der Waals surface area contributed by atoms with Crippen molar-refractivity contribution in [2.45, 2.75) is 19.6 Å². The zero-order valence-electron chi connectivity index (χ0n) is 6.70. The maximum atomic E-state index is 8.49. The molecule has 0 aromatic heterocycles. The van der Waals surface area contributed by atoms with Gasteiger partial charge in [0.15, 0.2) is 5.76 Å². The van der Waals surface area contributed by atoms with Gasteiger partial charge in [-0.1, -0.05) is 6.92 Å². The minimum atomic E-state index is -0.255. The summed E-state index contributed by atoms with van der Waals surface area (Å²) in [5.41, 5.74) is 0. The highest BCUT2D eigenvalue weighted by Crippen LogP contribution is 2.22. The van der Waals surface area contributed by atoms with Gasteiger partial charge in [-0.15, -0.1) is 0 Å². The zero-order chi connectivity index (χ0) is 8.27. The van der Waals surface area contributed by atoms with Crippen molar-refractivity contribution in [3.05, 3.63) is 11.8 Å². The van der Waals surface area contributed by atoms with Crippen molar-refractivity contribution in [2.75, 3.05) is 7.11 Å². The van der Waals surface area contributed by atoms with Crippen LogP contribution in [0.5, 0.6) is 0 Å². The Morgan fingerprint density at radius 1 is 1.82 bits per heavy atom. The van der Waals surface area contributed by atoms with Crippen molar-refractivity contribution in [3.8, 4) is 6.07 Å². The summed E-state index contributed by atoms with van der Waals surface area (Å²) in [6.45, 7) is 2.03. The molecule has 60 valence electrons. The largest absolute Gasteiger partial charge is 0.455 e. The van der Waals surface area contributed by atoms with Crippen LogP contribution in [0.2, 0.25) is 0 Å². The van der Waals surface area contributed by atoms with Crippen LogP contribution in [-0.4, -0.2) is 13.4 Å². The third-order valence-corrected chi connectivity index (χ3v) is 1.73. The maximum absolute atomic E-state index is 8.49. The van der Waals surface area contributed by atoms with Crippen LogP contribution in [0.4, 0.5) is 0 Å². The fourth-order valence-corrected chi connectivity index (χ4v) is 1.05. The minimum absolute atomic E-state index is 0.255. The lowest BCUT2D eigenvalue weighted by Crippen LogP contribution is -2.26. The molecule has 0 aromatic rings. The first-order valence-electron chi connectivity index (χ1n) is 3.57. The number of hydrogen-bond acceptors (Lipinski definition) is 3. The summed E-state index contributed by atoms with van der Waals surface area (Å²) in [4.78, 5) is 0. The summed E-state index contributed by atoms with van der Waals surface area (Å²) in [6.07, 6.45) is 2.39. The van der Waals surface area contributed by atoms with E-state index in [0.29, 0.717) is 11.7 Å². The van der Waals surface area contributed by atoms with Gasteiger partial charge in [0.1, 0.15) is 6.07 Å². The fourth-order valence-electron chi connectivity index (χ4n) is 1.05. The molecule has 1 aliphatic rings. The second-order valence-electron chi connectivity index (χ2n) is 2.62. The van der Waals surface area contributed by atoms with Crippen molar-refractivity contribution in [1.29, 1.82) is 5.26 Å². The highest BCUT2D eigenvalue weighted by atomic mass is 16.7. The molecular formula is C8H11NO2. The monoisotopic (exact) mass is 153 g/mol. The molecular weight excluding hydrogens is 142 g/mol. The molecule has 1 heterocycles. The third-order valence-electron chi connectivity index (χ3n) is 1.73. The Balaban J connectivity index is 2.62. The molecule has 0 aromatic carbocycles. The van der Waals surface area contributed by atoms with Crippen molar-refractivity contribution in [2.24, 2.45) is 5.92 Å². The lowest BCUT2D eigenvalue weighted by Gasteiger charge is -2.25. The van der Waals surface area contributed by atoms with Gasteiger partial charge in [-0.25, -0.2) is 0 Å². The molecule has 0 amide bonds. The topological polar surface area (TPSA) is 42.2 Å². The van der Waals surface area contributed by atoms with Gasteiger partial charge in [0.05, 0.1) is 0 Å². The highest BCUT2D eigenvalue weighted by molar-refractivity contribution is 5.15. The number of allylic oxidation sites excluding steroid dienone is 2. The van der Waals surface area contributed by atoms with Crippen molar-refractivity contribution in [3.63, 3.8) is 0 Å². The smallest absolute Gasteiger partial charge is 0.203 e. The molecule has 2 atom stereocenters. The Morgan fingerprint density at radius 2 is 2.55 bits per heavy atom. The van der Waals surface area contributed by atoms with E-state index in [9.17, 15) is 0 Å². The van der Waals surface area contributed by atoms with E-state index >= 15 is 0 Å². The van der Waals surface area contributed by atoms with Gasteiger partial charge in [-0.05, 0) is 12.5 Å². The van der Waals surface area contributed by atoms with E-state index in [4.69, 9.17) is 14.7 Å². The quantitative estimate of drug-likeness (QED) is 0.572. The fraction of sp³-hybridized carbons (Fsp3) is 0.625. The summed E-state index contributed by atoms with van der Waals surface area (Å²) in [5, 5.41) is 8.49. The standard InChI is InChI=1S/C8H11NO2/c1-6-3-4-7(5-9)11-8(6)10-2/h4,6,8H,3H2,1-2H3/t6-,8-/m0/s1. The number of nitrogens with zero attached hydrogens (tertiary/aromatic N) is 1. The first-order valence-corrected chi connectivity index (χ1v) is 3.57. The summed E-state index contributed by atoms with van der Waals surface area (Å²) < 4.78 is 10.2. The summed E-state index contributed by atoms with van der Waals surface area (Å²) in [7, 11) is 1.58. The Bertz CT molecular complexity index is 205. The number of rotatable bonds is 1. The van der Waals surface area contributed by atoms with Crippen LogP contribution in [0.15, 0.2) is 11.8 Å². The number of ether oxygens (including phenoxy) is 2. The van der Waals surface area contributed by atoms with E-state index in [2.05, 4.69) is 0 Å². The summed E-state index contributed by atoms with van der Waals surface area (Å²) >= 11 is 0. The van der Waals surface area contributed by atoms with E-state index in [1.54, 1.807) is 13.2 Å². The Morgan fingerprint density at radius 3 is 3.09 bits per heavy atom. The predicted octanol–water partition coefficient (Wildman–Crippen LogP) is 1.42. The van der Waals surface area contributed by atoms with Crippen LogP contribution in [0.3, 0.4) is 0 Å². The Kier molecular flexibility index (Phi) is 2.50. The van der Waals surface area contributed by atoms with E-state index in [1.807, 2.05) is 13.0 Å². The zero-order valence-corrected chi connectivity index (χ0v) is 6.70. The second-order valence-corrected chi connectivity index (χ2v) is 2.62. The molecule has 0 N–H and O–H groups in total. The lowest BCUT2D eigenvalue weighted by atomic mass is 10.1. The van der Waals surface area contributed by atoms with Crippen molar-refractivity contribution in [1.82, 2.24) is 0 Å². The predicted molar refractivity (Wildman–Crippen MR) is 39.4 cm³/mol. The molecule has 1 aliphatic heterocycles. The van der Waals surface area contributed by atoms with E-state index in [-0.39, 0.29) is 6.29 Å². The Labute approximate surface area is 66.2 Å². The highest BCUT2D eigenvalue weighted by Gasteiger charge is 2.22. The average Bonchev–Trinajstić information content (AvgIpc) is 2.05. The van der Waals surface area contributed by atoms with Crippen LogP contribution in [0, 0.1) is 17.2 Å². The van der Waals surface area contributed by atoms with Gasteiger partial charge >= 0.3 is 0 Å². The maximum Gasteiger partial charge on any atom is 0.203 e. The van der Waals surface area contributed by atoms with E-state index < -0.39 is 0 Å². The molecule has 0 fully saturated rings. The number of hydrogen-bond donors (Lipinski definition) is 0. The van der Waals surface area contributed by atoms with Gasteiger partial charge in [0.25, 0.3) is 0 Å². The van der Waals surface area contributed by atoms with E-state index in [0.717, 1.165) is 6.42 Å². The molecule has 11 heavy (non-hydrogen) atoms. The van der Waals surface area contributed by atoms with Gasteiger partial charge in [-0.3, -0.25) is 0 Å². The molecule has 0 radical (unpaired) electrons. The van der Waals surface area contributed by atoms with Crippen LogP contribution < -0.4 is 0 Å². The summed E-state index contributed by atoms with van der Waals surface area (Å²) in [6, 6.07) is 1.95. The number of methoxy groups -OCH3 is 1. The van der Waals surface area contributed by atoms with Gasteiger partial charge in [0, 0.05) is 13.0 Å². The average molecular weight is 153 g/mol. The van der Waals surface area contributed by atoms with Crippen LogP contribution in [0.1, 0.15) is 13.3 Å². The molecule has 0 saturated heterocycles. The lowest BCUT2D eigenvalue weighted by molar-refractivity contribution is -0.128. The molecule has 0 spiro atoms. The van der Waals surface area contributed by atoms with Gasteiger partial charge < -0.3 is 9.47 Å². The second kappa shape index (κ2) is 3.40. The first kappa shape index (κ1) is 8.09. The van der Waals surface area contributed by atoms with Crippen LogP contribution in [-0.2, 0) is 9.47 Å². The minimum Gasteiger partial charge on any atom is -0.455 e. The van der Waals surface area contributed by atoms with E-state index in [1.165, 1.54) is 0 Å². The molecule has 0 saturated carbocycles. The van der Waals surface area contributed by atoms with Crippen LogP contribution in [0.25, 0.3) is 0 Å². The molecule has 3 heteroatoms. The SMILES string of the molecule is CO[C@H]1OC(C#N)=CC[C@@H]1C. The molecule has 1 rings (SSSR count). The normalized spacial score (nSPS) is 30.1. The number of nitriles is 1. The van der Waals surface area contributed by atoms with Gasteiger partial charge in [-0.2, -0.15) is 5.26 Å². The van der Waals surface area contributed by atoms with Gasteiger partial charge in [0.2, 0.25) is 6.29 Å². The third kappa shape index (κ3) is 1.72.